The molecule has 2 bridgehead atoms. The highest BCUT2D eigenvalue weighted by Gasteiger charge is 2.54. The van der Waals surface area contributed by atoms with Gasteiger partial charge in [0.05, 0.1) is 12.0 Å². The Morgan fingerprint density at radius 2 is 1.90 bits per heavy atom. The number of unbranched alkanes of at least 4 members (excludes halogenated alkanes) is 2. The molecule has 0 saturated carbocycles. The van der Waals surface area contributed by atoms with E-state index >= 15 is 0 Å². The second-order valence-corrected chi connectivity index (χ2v) is 8.36. The molecule has 3 aliphatic rings. The van der Waals surface area contributed by atoms with Gasteiger partial charge in [-0.15, -0.1) is 0 Å². The van der Waals surface area contributed by atoms with E-state index in [1.165, 1.54) is 18.1 Å². The van der Waals surface area contributed by atoms with E-state index in [2.05, 4.69) is 45.0 Å². The lowest BCUT2D eigenvalue weighted by Crippen LogP contribution is -2.50. The second kappa shape index (κ2) is 9.80. The van der Waals surface area contributed by atoms with Gasteiger partial charge in [-0.2, -0.15) is 0 Å². The van der Waals surface area contributed by atoms with Gasteiger partial charge in [-0.05, 0) is 30.4 Å². The minimum absolute atomic E-state index is 0.00649. The first-order chi connectivity index (χ1) is 14.1. The molecule has 0 N–H and O–H groups in total. The van der Waals surface area contributed by atoms with E-state index in [9.17, 15) is 4.79 Å². The van der Waals surface area contributed by atoms with Crippen LogP contribution in [0.5, 0.6) is 0 Å². The zero-order chi connectivity index (χ0) is 20.9. The molecule has 3 unspecified atom stereocenters. The summed E-state index contributed by atoms with van der Waals surface area (Å²) in [7, 11) is 0. The number of allylic oxidation sites excluding steroid dienone is 1. The van der Waals surface area contributed by atoms with Crippen molar-refractivity contribution >= 4 is 5.97 Å². The van der Waals surface area contributed by atoms with Crippen LogP contribution in [-0.4, -0.2) is 18.7 Å². The van der Waals surface area contributed by atoms with Crippen molar-refractivity contribution in [2.45, 2.75) is 96.7 Å². The largest absolute Gasteiger partial charge is 0.483 e. The van der Waals surface area contributed by atoms with Gasteiger partial charge < -0.3 is 14.2 Å². The van der Waals surface area contributed by atoms with Crippen LogP contribution in [0, 0.1) is 0 Å². The quantitative estimate of drug-likeness (QED) is 0.261. The van der Waals surface area contributed by atoms with E-state index in [-0.39, 0.29) is 18.0 Å². The Kier molecular flexibility index (Phi) is 7.39. The van der Waals surface area contributed by atoms with Crippen LogP contribution in [0.2, 0.25) is 0 Å². The fourth-order valence-electron chi connectivity index (χ4n) is 4.81. The molecule has 1 fully saturated rings. The standard InChI is InChI=1S/C25H36O4/c1-5-8-14-21(28-18(4)26)24-23-19-12-10-11-13-20(19)25(29-24,15-7-3)17-22(23)27-16-9-6-2/h10-13,22-23H,5-9,14-17H2,1-4H3/b24-21-. The maximum Gasteiger partial charge on any atom is 0.307 e. The molecule has 2 heterocycles. The van der Waals surface area contributed by atoms with Crippen LogP contribution in [0.1, 0.15) is 96.1 Å². The summed E-state index contributed by atoms with van der Waals surface area (Å²) in [5.41, 5.74) is 2.16. The number of ether oxygens (including phenoxy) is 3. The summed E-state index contributed by atoms with van der Waals surface area (Å²) in [6.07, 6.45) is 7.74. The number of rotatable bonds is 10. The van der Waals surface area contributed by atoms with Crippen molar-refractivity contribution in [1.29, 1.82) is 0 Å². The molecule has 0 radical (unpaired) electrons. The summed E-state index contributed by atoms with van der Waals surface area (Å²) in [5, 5.41) is 0. The lowest BCUT2D eigenvalue weighted by atomic mass is 9.66. The van der Waals surface area contributed by atoms with Gasteiger partial charge >= 0.3 is 5.97 Å². The lowest BCUT2D eigenvalue weighted by molar-refractivity contribution is -0.147. The summed E-state index contributed by atoms with van der Waals surface area (Å²) >= 11 is 0. The summed E-state index contributed by atoms with van der Waals surface area (Å²) < 4.78 is 18.9. The SMILES string of the molecule is CCCCOC1CC2(CCC)O/C(=C(/CCCC)OC(C)=O)C1c1ccccc12. The molecule has 0 aromatic heterocycles. The number of esters is 1. The lowest BCUT2D eigenvalue weighted by Gasteiger charge is -2.53. The normalized spacial score (nSPS) is 26.6. The topological polar surface area (TPSA) is 44.8 Å². The summed E-state index contributed by atoms with van der Waals surface area (Å²) in [6.45, 7) is 8.75. The number of carbonyl (C=O) groups is 1. The molecule has 3 atom stereocenters. The van der Waals surface area contributed by atoms with E-state index in [0.717, 1.165) is 57.3 Å². The molecule has 1 aliphatic carbocycles. The van der Waals surface area contributed by atoms with E-state index in [1.807, 2.05) is 0 Å². The number of benzene rings is 1. The van der Waals surface area contributed by atoms with Gasteiger partial charge in [0.1, 0.15) is 17.1 Å². The van der Waals surface area contributed by atoms with Gasteiger partial charge in [-0.1, -0.05) is 64.3 Å². The highest BCUT2D eigenvalue weighted by atomic mass is 16.6. The Bertz CT molecular complexity index is 738. The molecule has 4 nitrogen and oxygen atoms in total. The van der Waals surface area contributed by atoms with Crippen molar-refractivity contribution in [2.75, 3.05) is 6.61 Å². The first-order valence-electron chi connectivity index (χ1n) is 11.4. The minimum Gasteiger partial charge on any atom is -0.483 e. The summed E-state index contributed by atoms with van der Waals surface area (Å²) in [4.78, 5) is 11.9. The molecule has 2 aliphatic heterocycles. The Labute approximate surface area is 175 Å². The van der Waals surface area contributed by atoms with Crippen molar-refractivity contribution < 1.29 is 19.0 Å². The molecular formula is C25H36O4. The molecule has 29 heavy (non-hydrogen) atoms. The van der Waals surface area contributed by atoms with E-state index in [1.54, 1.807) is 0 Å². The minimum atomic E-state index is -0.399. The van der Waals surface area contributed by atoms with Gasteiger partial charge in [-0.25, -0.2) is 0 Å². The van der Waals surface area contributed by atoms with Crippen molar-refractivity contribution in [1.82, 2.24) is 0 Å². The van der Waals surface area contributed by atoms with Crippen LogP contribution in [0.15, 0.2) is 35.8 Å². The highest BCUT2D eigenvalue weighted by molar-refractivity contribution is 5.67. The number of fused-ring (bicyclic) bond motifs is 2. The Morgan fingerprint density at radius 3 is 2.59 bits per heavy atom. The number of hydrogen-bond acceptors (Lipinski definition) is 4. The smallest absolute Gasteiger partial charge is 0.307 e. The van der Waals surface area contributed by atoms with E-state index < -0.39 is 5.60 Å². The van der Waals surface area contributed by atoms with Crippen molar-refractivity contribution in [3.8, 4) is 0 Å². The Morgan fingerprint density at radius 1 is 1.14 bits per heavy atom. The van der Waals surface area contributed by atoms with Crippen LogP contribution in [-0.2, 0) is 24.6 Å². The molecule has 160 valence electrons. The fourth-order valence-corrected chi connectivity index (χ4v) is 4.81. The Hall–Kier alpha value is -1.81. The maximum absolute atomic E-state index is 11.9. The van der Waals surface area contributed by atoms with Gasteiger partial charge in [0.2, 0.25) is 0 Å². The third kappa shape index (κ3) is 4.53. The number of hydrogen-bond donors (Lipinski definition) is 0. The third-order valence-corrected chi connectivity index (χ3v) is 6.06. The molecule has 4 heteroatoms. The maximum atomic E-state index is 11.9. The zero-order valence-corrected chi connectivity index (χ0v) is 18.5. The van der Waals surface area contributed by atoms with Crippen LogP contribution < -0.4 is 0 Å². The van der Waals surface area contributed by atoms with Crippen LogP contribution in [0.4, 0.5) is 0 Å². The van der Waals surface area contributed by atoms with Gasteiger partial charge in [0.15, 0.2) is 0 Å². The van der Waals surface area contributed by atoms with E-state index in [4.69, 9.17) is 14.2 Å². The Balaban J connectivity index is 2.10. The number of carbonyl (C=O) groups excluding carboxylic acids is 1. The van der Waals surface area contributed by atoms with Crippen molar-refractivity contribution in [2.24, 2.45) is 0 Å². The van der Waals surface area contributed by atoms with Gasteiger partial charge in [0.25, 0.3) is 0 Å². The zero-order valence-electron chi connectivity index (χ0n) is 18.5. The average molecular weight is 401 g/mol. The molecule has 1 aromatic rings. The third-order valence-electron chi connectivity index (χ3n) is 6.06. The van der Waals surface area contributed by atoms with Gasteiger partial charge in [-0.3, -0.25) is 4.79 Å². The van der Waals surface area contributed by atoms with Gasteiger partial charge in [0, 0.05) is 26.4 Å². The van der Waals surface area contributed by atoms with E-state index in [0.29, 0.717) is 12.2 Å². The van der Waals surface area contributed by atoms with Crippen LogP contribution in [0.25, 0.3) is 0 Å². The molecule has 1 aromatic carbocycles. The van der Waals surface area contributed by atoms with Crippen LogP contribution >= 0.6 is 0 Å². The molecule has 0 amide bonds. The predicted molar refractivity (Wildman–Crippen MR) is 114 cm³/mol. The molecular weight excluding hydrogens is 364 g/mol. The monoisotopic (exact) mass is 400 g/mol. The van der Waals surface area contributed by atoms with Crippen molar-refractivity contribution in [3.63, 3.8) is 0 Å². The predicted octanol–water partition coefficient (Wildman–Crippen LogP) is 6.35. The highest BCUT2D eigenvalue weighted by Crippen LogP contribution is 2.57. The summed E-state index contributed by atoms with van der Waals surface area (Å²) in [5.74, 6) is 1.24. The van der Waals surface area contributed by atoms with Crippen LogP contribution in [0.3, 0.4) is 0 Å². The van der Waals surface area contributed by atoms with Crippen molar-refractivity contribution in [3.05, 3.63) is 46.9 Å². The molecule has 4 rings (SSSR count). The molecule has 1 saturated heterocycles. The first kappa shape index (κ1) is 21.9. The summed E-state index contributed by atoms with van der Waals surface area (Å²) in [6, 6.07) is 8.60. The second-order valence-electron chi connectivity index (χ2n) is 8.36. The molecule has 0 spiro atoms. The fraction of sp³-hybridized carbons (Fsp3) is 0.640. The average Bonchev–Trinajstić information content (AvgIpc) is 2.71. The first-order valence-corrected chi connectivity index (χ1v) is 11.4.